The van der Waals surface area contributed by atoms with Crippen LogP contribution < -0.4 is 5.73 Å². The van der Waals surface area contributed by atoms with Crippen molar-refractivity contribution >= 4 is 16.7 Å². The smallest absolute Gasteiger partial charge is 0.141 e. The predicted octanol–water partition coefficient (Wildman–Crippen LogP) is 3.61. The van der Waals surface area contributed by atoms with Crippen molar-refractivity contribution in [1.29, 1.82) is 0 Å². The van der Waals surface area contributed by atoms with Gasteiger partial charge in [-0.1, -0.05) is 6.08 Å². The van der Waals surface area contributed by atoms with Crippen molar-refractivity contribution in [3.05, 3.63) is 60.9 Å². The summed E-state index contributed by atoms with van der Waals surface area (Å²) in [5.41, 5.74) is 9.14. The Morgan fingerprint density at radius 3 is 2.65 bits per heavy atom. The highest BCUT2D eigenvalue weighted by atomic mass is 19.1. The van der Waals surface area contributed by atoms with Gasteiger partial charge in [0.2, 0.25) is 0 Å². The topological polar surface area (TPSA) is 43.8 Å². The van der Waals surface area contributed by atoms with Crippen LogP contribution in [0.2, 0.25) is 0 Å². The molecule has 2 N–H and O–H groups in total. The maximum atomic E-state index is 13.0. The summed E-state index contributed by atoms with van der Waals surface area (Å²) in [6, 6.07) is 11.9. The molecule has 0 amide bonds. The fourth-order valence-electron chi connectivity index (χ4n) is 2.28. The second kappa shape index (κ2) is 4.81. The number of rotatable bonds is 3. The molecule has 0 fully saturated rings. The molecule has 3 nitrogen and oxygen atoms in total. The van der Waals surface area contributed by atoms with Gasteiger partial charge in [0.05, 0.1) is 11.0 Å². The molecule has 0 aliphatic rings. The molecule has 0 radical (unpaired) electrons. The highest BCUT2D eigenvalue weighted by Crippen LogP contribution is 2.26. The fourth-order valence-corrected chi connectivity index (χ4v) is 2.28. The second-order valence-corrected chi connectivity index (χ2v) is 4.59. The number of aromatic nitrogens is 2. The summed E-state index contributed by atoms with van der Waals surface area (Å²) in [5.74, 6) is 0.523. The maximum absolute atomic E-state index is 13.0. The third kappa shape index (κ3) is 2.05. The Morgan fingerprint density at radius 2 is 1.95 bits per heavy atom. The fraction of sp³-hybridized carbons (Fsp3) is 0.0625. The molecule has 3 aromatic rings. The monoisotopic (exact) mass is 267 g/mol. The van der Waals surface area contributed by atoms with Crippen molar-refractivity contribution in [1.82, 2.24) is 9.55 Å². The number of nitrogens with two attached hydrogens (primary N) is 1. The number of benzene rings is 2. The van der Waals surface area contributed by atoms with Crippen LogP contribution in [0.15, 0.2) is 55.1 Å². The Bertz CT molecular complexity index is 772. The van der Waals surface area contributed by atoms with Crippen LogP contribution in [0.5, 0.6) is 0 Å². The standard InChI is InChI=1S/C16H14FN3/c1-2-9-20-15-8-7-13(18)10-14(15)19-16(20)11-3-5-12(17)6-4-11/h2-8,10H,1,9,18H2. The van der Waals surface area contributed by atoms with Crippen molar-refractivity contribution in [2.75, 3.05) is 5.73 Å². The van der Waals surface area contributed by atoms with Crippen LogP contribution in [0.4, 0.5) is 10.1 Å². The van der Waals surface area contributed by atoms with Crippen molar-refractivity contribution < 1.29 is 4.39 Å². The molecule has 0 spiro atoms. The molecule has 0 aliphatic heterocycles. The lowest BCUT2D eigenvalue weighted by Gasteiger charge is -2.06. The van der Waals surface area contributed by atoms with E-state index in [0.29, 0.717) is 12.2 Å². The van der Waals surface area contributed by atoms with Crippen LogP contribution in [0.25, 0.3) is 22.4 Å². The first kappa shape index (κ1) is 12.4. The summed E-state index contributed by atoms with van der Waals surface area (Å²) >= 11 is 0. The molecule has 0 saturated heterocycles. The summed E-state index contributed by atoms with van der Waals surface area (Å²) in [5, 5.41) is 0. The van der Waals surface area contributed by atoms with Gasteiger partial charge < -0.3 is 10.3 Å². The van der Waals surface area contributed by atoms with E-state index in [-0.39, 0.29) is 5.82 Å². The van der Waals surface area contributed by atoms with E-state index in [1.54, 1.807) is 12.1 Å². The van der Waals surface area contributed by atoms with E-state index >= 15 is 0 Å². The Morgan fingerprint density at radius 1 is 1.20 bits per heavy atom. The lowest BCUT2D eigenvalue weighted by molar-refractivity contribution is 0.628. The predicted molar refractivity (Wildman–Crippen MR) is 79.7 cm³/mol. The number of fused-ring (bicyclic) bond motifs is 1. The molecule has 1 heterocycles. The quantitative estimate of drug-likeness (QED) is 0.582. The molecule has 4 heteroatoms. The molecule has 2 aromatic carbocycles. The van der Waals surface area contributed by atoms with Crippen molar-refractivity contribution in [3.8, 4) is 11.4 Å². The van der Waals surface area contributed by atoms with Gasteiger partial charge in [-0.05, 0) is 42.5 Å². The summed E-state index contributed by atoms with van der Waals surface area (Å²) in [4.78, 5) is 4.60. The van der Waals surface area contributed by atoms with Crippen LogP contribution >= 0.6 is 0 Å². The minimum atomic E-state index is -0.260. The molecule has 0 unspecified atom stereocenters. The Balaban J connectivity index is 2.25. The van der Waals surface area contributed by atoms with Crippen molar-refractivity contribution in [3.63, 3.8) is 0 Å². The molecular weight excluding hydrogens is 253 g/mol. The molecule has 0 aliphatic carbocycles. The summed E-state index contributed by atoms with van der Waals surface area (Å²) in [6.07, 6.45) is 1.81. The third-order valence-electron chi connectivity index (χ3n) is 3.19. The zero-order valence-electron chi connectivity index (χ0n) is 10.9. The molecule has 0 bridgehead atoms. The number of imidazole rings is 1. The normalized spacial score (nSPS) is 10.8. The van der Waals surface area contributed by atoms with E-state index in [1.165, 1.54) is 12.1 Å². The SMILES string of the molecule is C=CCn1c(-c2ccc(F)cc2)nc2cc(N)ccc21. The minimum Gasteiger partial charge on any atom is -0.399 e. The minimum absolute atomic E-state index is 0.260. The first-order valence-electron chi connectivity index (χ1n) is 6.31. The zero-order chi connectivity index (χ0) is 14.1. The highest BCUT2D eigenvalue weighted by Gasteiger charge is 2.11. The maximum Gasteiger partial charge on any atom is 0.141 e. The first-order chi connectivity index (χ1) is 9.69. The van der Waals surface area contributed by atoms with E-state index in [9.17, 15) is 4.39 Å². The van der Waals surface area contributed by atoms with Crippen molar-refractivity contribution in [2.45, 2.75) is 6.54 Å². The van der Waals surface area contributed by atoms with E-state index < -0.39 is 0 Å². The zero-order valence-corrected chi connectivity index (χ0v) is 10.9. The molecule has 100 valence electrons. The van der Waals surface area contributed by atoms with Crippen molar-refractivity contribution in [2.24, 2.45) is 0 Å². The number of nitrogen functional groups attached to an aromatic ring is 1. The van der Waals surface area contributed by atoms with Gasteiger partial charge in [0, 0.05) is 17.8 Å². The molecule has 0 atom stereocenters. The Labute approximate surface area is 116 Å². The number of nitrogens with zero attached hydrogens (tertiary/aromatic N) is 2. The number of hydrogen-bond acceptors (Lipinski definition) is 2. The van der Waals surface area contributed by atoms with Gasteiger partial charge in [-0.3, -0.25) is 0 Å². The molecule has 3 rings (SSSR count). The second-order valence-electron chi connectivity index (χ2n) is 4.59. The lowest BCUT2D eigenvalue weighted by atomic mass is 10.2. The van der Waals surface area contributed by atoms with E-state index in [4.69, 9.17) is 5.73 Å². The Hall–Kier alpha value is -2.62. The summed E-state index contributed by atoms with van der Waals surface area (Å²) < 4.78 is 15.1. The van der Waals surface area contributed by atoms with Gasteiger partial charge in [-0.25, -0.2) is 9.37 Å². The summed E-state index contributed by atoms with van der Waals surface area (Å²) in [7, 11) is 0. The molecule has 0 saturated carbocycles. The van der Waals surface area contributed by atoms with E-state index in [0.717, 1.165) is 22.4 Å². The lowest BCUT2D eigenvalue weighted by Crippen LogP contribution is -1.98. The van der Waals surface area contributed by atoms with Gasteiger partial charge in [0.25, 0.3) is 0 Å². The van der Waals surface area contributed by atoms with Gasteiger partial charge >= 0.3 is 0 Å². The van der Waals surface area contributed by atoms with Crippen LogP contribution in [0.1, 0.15) is 0 Å². The number of anilines is 1. The van der Waals surface area contributed by atoms with Gasteiger partial charge in [0.1, 0.15) is 11.6 Å². The van der Waals surface area contributed by atoms with Gasteiger partial charge in [-0.2, -0.15) is 0 Å². The average Bonchev–Trinajstić information content (AvgIpc) is 2.78. The van der Waals surface area contributed by atoms with Crippen LogP contribution in [-0.2, 0) is 6.54 Å². The van der Waals surface area contributed by atoms with Crippen LogP contribution in [0.3, 0.4) is 0 Å². The van der Waals surface area contributed by atoms with E-state index in [1.807, 2.05) is 28.8 Å². The number of hydrogen-bond donors (Lipinski definition) is 1. The number of allylic oxidation sites excluding steroid dienone is 1. The van der Waals surface area contributed by atoms with Crippen LogP contribution in [-0.4, -0.2) is 9.55 Å². The van der Waals surface area contributed by atoms with Gasteiger partial charge in [-0.15, -0.1) is 6.58 Å². The third-order valence-corrected chi connectivity index (χ3v) is 3.19. The Kier molecular flexibility index (Phi) is 2.99. The average molecular weight is 267 g/mol. The van der Waals surface area contributed by atoms with E-state index in [2.05, 4.69) is 11.6 Å². The largest absolute Gasteiger partial charge is 0.399 e. The first-order valence-corrected chi connectivity index (χ1v) is 6.31. The van der Waals surface area contributed by atoms with Crippen LogP contribution in [0, 0.1) is 5.82 Å². The summed E-state index contributed by atoms with van der Waals surface area (Å²) in [6.45, 7) is 4.41. The molecular formula is C16H14FN3. The highest BCUT2D eigenvalue weighted by molar-refractivity contribution is 5.83. The van der Waals surface area contributed by atoms with Gasteiger partial charge in [0.15, 0.2) is 0 Å². The molecule has 20 heavy (non-hydrogen) atoms. The molecule has 1 aromatic heterocycles. The number of halogens is 1.